The van der Waals surface area contributed by atoms with Gasteiger partial charge in [-0.15, -0.1) is 0 Å². The van der Waals surface area contributed by atoms with Gasteiger partial charge in [0.05, 0.1) is 6.54 Å². The fourth-order valence-electron chi connectivity index (χ4n) is 3.18. The van der Waals surface area contributed by atoms with Crippen molar-refractivity contribution in [3.63, 3.8) is 0 Å². The summed E-state index contributed by atoms with van der Waals surface area (Å²) in [5.74, 6) is 0.0576. The average Bonchev–Trinajstić information content (AvgIpc) is 3.02. The van der Waals surface area contributed by atoms with Gasteiger partial charge in [-0.25, -0.2) is 4.79 Å². The van der Waals surface area contributed by atoms with Crippen LogP contribution < -0.4 is 5.32 Å². The van der Waals surface area contributed by atoms with E-state index in [1.54, 1.807) is 0 Å². The van der Waals surface area contributed by atoms with Gasteiger partial charge in [0, 0.05) is 24.6 Å². The van der Waals surface area contributed by atoms with Crippen LogP contribution in [0.2, 0.25) is 0 Å². The molecule has 0 atom stereocenters. The highest BCUT2D eigenvalue weighted by atomic mass is 16.2. The Kier molecular flexibility index (Phi) is 4.71. The molecule has 0 saturated carbocycles. The Labute approximate surface area is 135 Å². The smallest absolute Gasteiger partial charge is 0.324 e. The summed E-state index contributed by atoms with van der Waals surface area (Å²) in [4.78, 5) is 39.3. The zero-order valence-corrected chi connectivity index (χ0v) is 13.0. The molecule has 1 N–H and O–H groups in total. The third-order valence-corrected chi connectivity index (χ3v) is 4.53. The Morgan fingerprint density at radius 3 is 2.39 bits per heavy atom. The van der Waals surface area contributed by atoms with Crippen molar-refractivity contribution in [2.75, 3.05) is 32.7 Å². The van der Waals surface area contributed by atoms with Gasteiger partial charge in [0.2, 0.25) is 5.91 Å². The van der Waals surface area contributed by atoms with Crippen molar-refractivity contribution < 1.29 is 14.4 Å². The molecule has 0 aliphatic carbocycles. The molecule has 0 spiro atoms. The topological polar surface area (TPSA) is 69.7 Å². The van der Waals surface area contributed by atoms with Crippen molar-refractivity contribution >= 4 is 17.7 Å². The number of nitrogens with zero attached hydrogens (tertiary/aromatic N) is 2. The van der Waals surface area contributed by atoms with Crippen LogP contribution in [0.3, 0.4) is 0 Å². The van der Waals surface area contributed by atoms with E-state index in [-0.39, 0.29) is 30.2 Å². The number of nitrogens with one attached hydrogen (secondary N) is 1. The number of amides is 3. The highest BCUT2D eigenvalue weighted by Gasteiger charge is 2.30. The molecule has 2 saturated heterocycles. The summed E-state index contributed by atoms with van der Waals surface area (Å²) >= 11 is 0. The number of benzene rings is 1. The zero-order chi connectivity index (χ0) is 16.2. The van der Waals surface area contributed by atoms with Crippen molar-refractivity contribution in [1.29, 1.82) is 0 Å². The molecule has 0 unspecified atom stereocenters. The molecule has 2 aliphatic rings. The van der Waals surface area contributed by atoms with E-state index >= 15 is 0 Å². The van der Waals surface area contributed by atoms with Gasteiger partial charge in [-0.1, -0.05) is 30.3 Å². The minimum absolute atomic E-state index is 0.0267. The van der Waals surface area contributed by atoms with E-state index in [1.165, 1.54) is 4.90 Å². The molecule has 2 aliphatic heterocycles. The maximum absolute atomic E-state index is 12.4. The van der Waals surface area contributed by atoms with Crippen molar-refractivity contribution in [3.05, 3.63) is 35.9 Å². The third kappa shape index (κ3) is 3.59. The van der Waals surface area contributed by atoms with E-state index in [4.69, 9.17) is 0 Å². The van der Waals surface area contributed by atoms with Crippen LogP contribution in [0.1, 0.15) is 23.2 Å². The Morgan fingerprint density at radius 2 is 1.78 bits per heavy atom. The number of hydrogen-bond acceptors (Lipinski definition) is 4. The van der Waals surface area contributed by atoms with Crippen LogP contribution in [0.5, 0.6) is 0 Å². The summed E-state index contributed by atoms with van der Waals surface area (Å²) in [6.07, 6.45) is 1.51. The molecule has 23 heavy (non-hydrogen) atoms. The largest absolute Gasteiger partial charge is 0.336 e. The number of ketones is 1. The number of imide groups is 1. The van der Waals surface area contributed by atoms with Crippen LogP contribution in [-0.2, 0) is 4.79 Å². The highest BCUT2D eigenvalue weighted by molar-refractivity contribution is 5.98. The Morgan fingerprint density at radius 1 is 1.09 bits per heavy atom. The molecule has 2 heterocycles. The van der Waals surface area contributed by atoms with E-state index in [0.717, 1.165) is 18.4 Å². The molecule has 0 bridgehead atoms. The average molecular weight is 315 g/mol. The van der Waals surface area contributed by atoms with Gasteiger partial charge in [-0.3, -0.25) is 19.4 Å². The summed E-state index contributed by atoms with van der Waals surface area (Å²) in [5, 5.41) is 2.63. The normalized spacial score (nSPS) is 19.7. The summed E-state index contributed by atoms with van der Waals surface area (Å²) in [5.41, 5.74) is 0.760. The first-order valence-corrected chi connectivity index (χ1v) is 8.05. The van der Waals surface area contributed by atoms with Gasteiger partial charge < -0.3 is 5.32 Å². The van der Waals surface area contributed by atoms with Crippen LogP contribution >= 0.6 is 0 Å². The zero-order valence-electron chi connectivity index (χ0n) is 13.0. The molecule has 2 fully saturated rings. The number of carbonyl (C=O) groups excluding carboxylic acids is 3. The Balaban J connectivity index is 1.50. The monoisotopic (exact) mass is 315 g/mol. The first-order chi connectivity index (χ1) is 11.1. The van der Waals surface area contributed by atoms with Gasteiger partial charge >= 0.3 is 6.03 Å². The summed E-state index contributed by atoms with van der Waals surface area (Å²) in [6, 6.07) is 9.06. The number of Topliss-reactive ketones (excluding diaryl/α,β-unsaturated/α-hetero) is 1. The second-order valence-corrected chi connectivity index (χ2v) is 6.06. The first kappa shape index (κ1) is 15.7. The summed E-state index contributed by atoms with van der Waals surface area (Å²) in [7, 11) is 0. The van der Waals surface area contributed by atoms with Gasteiger partial charge in [0.15, 0.2) is 5.78 Å². The van der Waals surface area contributed by atoms with Crippen molar-refractivity contribution in [3.8, 4) is 0 Å². The standard InChI is InChI=1S/C17H21N3O3/c21-15(20-11-8-18-17(20)23)12-19-9-6-14(7-10-19)16(22)13-4-2-1-3-5-13/h1-5,14H,6-12H2,(H,18,23). The predicted octanol–water partition coefficient (Wildman–Crippen LogP) is 1.13. The molecule has 1 aromatic rings. The molecule has 0 radical (unpaired) electrons. The molecule has 3 amide bonds. The summed E-state index contributed by atoms with van der Waals surface area (Å²) < 4.78 is 0. The van der Waals surface area contributed by atoms with Crippen LogP contribution in [0.15, 0.2) is 30.3 Å². The maximum atomic E-state index is 12.4. The van der Waals surface area contributed by atoms with E-state index in [2.05, 4.69) is 5.32 Å². The van der Waals surface area contributed by atoms with Gasteiger partial charge in [-0.05, 0) is 25.9 Å². The van der Waals surface area contributed by atoms with E-state index in [9.17, 15) is 14.4 Å². The number of rotatable bonds is 4. The lowest BCUT2D eigenvalue weighted by molar-refractivity contribution is -0.129. The van der Waals surface area contributed by atoms with Crippen LogP contribution in [0.4, 0.5) is 4.79 Å². The maximum Gasteiger partial charge on any atom is 0.324 e. The summed E-state index contributed by atoms with van der Waals surface area (Å²) in [6.45, 7) is 2.65. The number of urea groups is 1. The molecule has 6 heteroatoms. The SMILES string of the molecule is O=C(c1ccccc1)C1CCN(CC(=O)N2CCNC2=O)CC1. The van der Waals surface area contributed by atoms with Crippen molar-refractivity contribution in [2.45, 2.75) is 12.8 Å². The lowest BCUT2D eigenvalue weighted by atomic mass is 9.89. The quantitative estimate of drug-likeness (QED) is 0.846. The lowest BCUT2D eigenvalue weighted by Gasteiger charge is -2.31. The molecule has 1 aromatic carbocycles. The second-order valence-electron chi connectivity index (χ2n) is 6.06. The number of hydrogen-bond donors (Lipinski definition) is 1. The Bertz CT molecular complexity index is 594. The van der Waals surface area contributed by atoms with Crippen molar-refractivity contribution in [2.24, 2.45) is 5.92 Å². The first-order valence-electron chi connectivity index (χ1n) is 8.05. The van der Waals surface area contributed by atoms with Crippen LogP contribution in [0, 0.1) is 5.92 Å². The van der Waals surface area contributed by atoms with Gasteiger partial charge in [-0.2, -0.15) is 0 Å². The number of likely N-dealkylation sites (tertiary alicyclic amines) is 1. The van der Waals surface area contributed by atoms with Crippen molar-refractivity contribution in [1.82, 2.24) is 15.1 Å². The number of piperidine rings is 1. The van der Waals surface area contributed by atoms with E-state index < -0.39 is 0 Å². The third-order valence-electron chi connectivity index (χ3n) is 4.53. The van der Waals surface area contributed by atoms with Gasteiger partial charge in [0.1, 0.15) is 0 Å². The molecular weight excluding hydrogens is 294 g/mol. The van der Waals surface area contributed by atoms with Crippen LogP contribution in [0.25, 0.3) is 0 Å². The highest BCUT2D eigenvalue weighted by Crippen LogP contribution is 2.21. The van der Waals surface area contributed by atoms with Gasteiger partial charge in [0.25, 0.3) is 0 Å². The minimum atomic E-state index is -0.302. The molecule has 6 nitrogen and oxygen atoms in total. The van der Waals surface area contributed by atoms with E-state index in [0.29, 0.717) is 26.2 Å². The molecule has 0 aromatic heterocycles. The molecule has 3 rings (SSSR count). The van der Waals surface area contributed by atoms with Crippen LogP contribution in [-0.4, -0.2) is 60.2 Å². The minimum Gasteiger partial charge on any atom is -0.336 e. The molecule has 122 valence electrons. The number of carbonyl (C=O) groups is 3. The second kappa shape index (κ2) is 6.91. The Hall–Kier alpha value is -2.21. The van der Waals surface area contributed by atoms with E-state index in [1.807, 2.05) is 35.2 Å². The lowest BCUT2D eigenvalue weighted by Crippen LogP contribution is -2.45. The molecular formula is C17H21N3O3. The predicted molar refractivity (Wildman–Crippen MR) is 85.0 cm³/mol. The fourth-order valence-corrected chi connectivity index (χ4v) is 3.18. The fraction of sp³-hybridized carbons (Fsp3) is 0.471.